The van der Waals surface area contributed by atoms with Gasteiger partial charge in [0.25, 0.3) is 0 Å². The van der Waals surface area contributed by atoms with Gasteiger partial charge >= 0.3 is 5.97 Å². The topological polar surface area (TPSA) is 68.0 Å². The van der Waals surface area contributed by atoms with Crippen LogP contribution in [-0.4, -0.2) is 26.1 Å². The van der Waals surface area contributed by atoms with Crippen LogP contribution in [0.3, 0.4) is 0 Å². The van der Waals surface area contributed by atoms with Gasteiger partial charge < -0.3 is 5.11 Å². The molecule has 13 heavy (non-hydrogen) atoms. The fourth-order valence-corrected chi connectivity index (χ4v) is 1.68. The quantitative estimate of drug-likeness (QED) is 0.716. The Bertz CT molecular complexity index is 334. The van der Waals surface area contributed by atoms with Crippen molar-refractivity contribution in [3.8, 4) is 0 Å². The minimum atomic E-state index is -0.720. The Morgan fingerprint density at radius 1 is 1.69 bits per heavy atom. The SMILES string of the molecule is Cn1ncc(C2CCC2C(=O)O)n1. The van der Waals surface area contributed by atoms with Crippen LogP contribution in [0.1, 0.15) is 24.5 Å². The largest absolute Gasteiger partial charge is 0.481 e. The molecule has 0 amide bonds. The highest BCUT2D eigenvalue weighted by atomic mass is 16.4. The standard InChI is InChI=1S/C8H11N3O2/c1-11-9-4-7(10-11)5-2-3-6(5)8(12)13/h4-6H,2-3H2,1H3,(H,12,13). The van der Waals surface area contributed by atoms with E-state index >= 15 is 0 Å². The van der Waals surface area contributed by atoms with Crippen molar-refractivity contribution >= 4 is 5.97 Å². The lowest BCUT2D eigenvalue weighted by Gasteiger charge is -2.31. The average Bonchev–Trinajstić information content (AvgIpc) is 2.32. The van der Waals surface area contributed by atoms with Crippen LogP contribution in [0.2, 0.25) is 0 Å². The van der Waals surface area contributed by atoms with E-state index in [2.05, 4.69) is 10.2 Å². The number of aliphatic carboxylic acids is 1. The number of hydrogen-bond donors (Lipinski definition) is 1. The van der Waals surface area contributed by atoms with Crippen molar-refractivity contribution in [2.24, 2.45) is 13.0 Å². The molecule has 2 atom stereocenters. The minimum absolute atomic E-state index is 0.0752. The number of carboxylic acid groups (broad SMARTS) is 1. The Balaban J connectivity index is 2.14. The van der Waals surface area contributed by atoms with E-state index in [4.69, 9.17) is 5.11 Å². The summed E-state index contributed by atoms with van der Waals surface area (Å²) in [6.45, 7) is 0. The number of carboxylic acids is 1. The van der Waals surface area contributed by atoms with Gasteiger partial charge in [0, 0.05) is 13.0 Å². The van der Waals surface area contributed by atoms with Crippen molar-refractivity contribution in [2.45, 2.75) is 18.8 Å². The van der Waals surface area contributed by atoms with Gasteiger partial charge in [-0.2, -0.15) is 15.0 Å². The van der Waals surface area contributed by atoms with Crippen LogP contribution in [0.4, 0.5) is 0 Å². The van der Waals surface area contributed by atoms with E-state index < -0.39 is 5.97 Å². The fraction of sp³-hybridized carbons (Fsp3) is 0.625. The molecule has 0 bridgehead atoms. The van der Waals surface area contributed by atoms with E-state index in [1.54, 1.807) is 13.2 Å². The van der Waals surface area contributed by atoms with Gasteiger partial charge in [0.05, 0.1) is 17.8 Å². The van der Waals surface area contributed by atoms with Gasteiger partial charge in [-0.1, -0.05) is 0 Å². The first-order chi connectivity index (χ1) is 6.18. The zero-order valence-electron chi connectivity index (χ0n) is 7.34. The highest BCUT2D eigenvalue weighted by molar-refractivity contribution is 5.72. The summed E-state index contributed by atoms with van der Waals surface area (Å²) in [5.41, 5.74) is 0.807. The third-order valence-electron chi connectivity index (χ3n) is 2.59. The zero-order chi connectivity index (χ0) is 9.42. The van der Waals surface area contributed by atoms with Crippen LogP contribution in [0.5, 0.6) is 0 Å². The summed E-state index contributed by atoms with van der Waals surface area (Å²) in [5, 5.41) is 16.9. The van der Waals surface area contributed by atoms with Gasteiger partial charge in [0.2, 0.25) is 0 Å². The van der Waals surface area contributed by atoms with Crippen molar-refractivity contribution in [3.05, 3.63) is 11.9 Å². The highest BCUT2D eigenvalue weighted by Crippen LogP contribution is 2.41. The Labute approximate surface area is 75.4 Å². The summed E-state index contributed by atoms with van der Waals surface area (Å²) in [5.74, 6) is -0.898. The molecule has 70 valence electrons. The third kappa shape index (κ3) is 1.30. The summed E-state index contributed by atoms with van der Waals surface area (Å²) < 4.78 is 0. The van der Waals surface area contributed by atoms with Crippen molar-refractivity contribution in [3.63, 3.8) is 0 Å². The Morgan fingerprint density at radius 3 is 2.85 bits per heavy atom. The average molecular weight is 181 g/mol. The first-order valence-electron chi connectivity index (χ1n) is 4.27. The lowest BCUT2D eigenvalue weighted by Crippen LogP contribution is -2.31. The van der Waals surface area contributed by atoms with E-state index in [0.29, 0.717) is 0 Å². The second-order valence-corrected chi connectivity index (χ2v) is 3.39. The Kier molecular flexibility index (Phi) is 1.79. The van der Waals surface area contributed by atoms with Gasteiger partial charge in [0.1, 0.15) is 0 Å². The van der Waals surface area contributed by atoms with Crippen LogP contribution in [0, 0.1) is 5.92 Å². The van der Waals surface area contributed by atoms with Gasteiger partial charge in [-0.3, -0.25) is 4.79 Å². The molecule has 1 saturated carbocycles. The summed E-state index contributed by atoms with van der Waals surface area (Å²) >= 11 is 0. The number of aromatic nitrogens is 3. The molecule has 1 N–H and O–H groups in total. The van der Waals surface area contributed by atoms with E-state index in [1.165, 1.54) is 4.80 Å². The normalized spacial score (nSPS) is 26.8. The van der Waals surface area contributed by atoms with Crippen molar-refractivity contribution in [2.75, 3.05) is 0 Å². The molecule has 1 aliphatic carbocycles. The summed E-state index contributed by atoms with van der Waals surface area (Å²) in [6, 6.07) is 0. The highest BCUT2D eigenvalue weighted by Gasteiger charge is 2.39. The van der Waals surface area contributed by atoms with Crippen LogP contribution < -0.4 is 0 Å². The maximum atomic E-state index is 10.7. The van der Waals surface area contributed by atoms with Gasteiger partial charge in [0.15, 0.2) is 0 Å². The van der Waals surface area contributed by atoms with Crippen molar-refractivity contribution in [1.82, 2.24) is 15.0 Å². The molecule has 1 aromatic rings. The van der Waals surface area contributed by atoms with E-state index in [9.17, 15) is 4.79 Å². The first kappa shape index (κ1) is 8.22. The monoisotopic (exact) mass is 181 g/mol. The van der Waals surface area contributed by atoms with Crippen LogP contribution in [0.25, 0.3) is 0 Å². The molecule has 0 aromatic carbocycles. The second-order valence-electron chi connectivity index (χ2n) is 3.39. The molecule has 0 saturated heterocycles. The van der Waals surface area contributed by atoms with Crippen LogP contribution >= 0.6 is 0 Å². The van der Waals surface area contributed by atoms with Crippen molar-refractivity contribution < 1.29 is 9.90 Å². The van der Waals surface area contributed by atoms with Crippen LogP contribution in [0.15, 0.2) is 6.20 Å². The maximum absolute atomic E-state index is 10.7. The summed E-state index contributed by atoms with van der Waals surface area (Å²) in [7, 11) is 1.73. The number of nitrogens with zero attached hydrogens (tertiary/aromatic N) is 3. The summed E-state index contributed by atoms with van der Waals surface area (Å²) in [4.78, 5) is 12.2. The Hall–Kier alpha value is -1.39. The van der Waals surface area contributed by atoms with Gasteiger partial charge in [-0.15, -0.1) is 0 Å². The fourth-order valence-electron chi connectivity index (χ4n) is 1.68. The number of hydrogen-bond acceptors (Lipinski definition) is 3. The summed E-state index contributed by atoms with van der Waals surface area (Å²) in [6.07, 6.45) is 3.33. The molecule has 2 rings (SSSR count). The molecule has 1 aliphatic rings. The van der Waals surface area contributed by atoms with E-state index in [-0.39, 0.29) is 11.8 Å². The molecule has 0 radical (unpaired) electrons. The molecule has 1 aromatic heterocycles. The first-order valence-corrected chi connectivity index (χ1v) is 4.27. The van der Waals surface area contributed by atoms with E-state index in [1.807, 2.05) is 0 Å². The number of carbonyl (C=O) groups is 1. The third-order valence-corrected chi connectivity index (χ3v) is 2.59. The van der Waals surface area contributed by atoms with Gasteiger partial charge in [-0.05, 0) is 12.8 Å². The molecule has 0 aliphatic heterocycles. The predicted octanol–water partition coefficient (Wildman–Crippen LogP) is 0.393. The van der Waals surface area contributed by atoms with Crippen molar-refractivity contribution in [1.29, 1.82) is 0 Å². The smallest absolute Gasteiger partial charge is 0.307 e. The second kappa shape index (κ2) is 2.83. The molecule has 5 nitrogen and oxygen atoms in total. The molecule has 1 heterocycles. The molecule has 1 fully saturated rings. The molecule has 0 spiro atoms. The zero-order valence-corrected chi connectivity index (χ0v) is 7.34. The molecular formula is C8H11N3O2. The molecule has 5 heteroatoms. The van der Waals surface area contributed by atoms with Crippen LogP contribution in [-0.2, 0) is 11.8 Å². The number of aryl methyl sites for hydroxylation is 1. The lowest BCUT2D eigenvalue weighted by atomic mass is 9.72. The maximum Gasteiger partial charge on any atom is 0.307 e. The molecular weight excluding hydrogens is 170 g/mol. The van der Waals surface area contributed by atoms with E-state index in [0.717, 1.165) is 18.5 Å². The minimum Gasteiger partial charge on any atom is -0.481 e. The predicted molar refractivity (Wildman–Crippen MR) is 44.1 cm³/mol. The lowest BCUT2D eigenvalue weighted by molar-refractivity contribution is -0.145. The number of rotatable bonds is 2. The van der Waals surface area contributed by atoms with Gasteiger partial charge in [-0.25, -0.2) is 0 Å². The molecule has 2 unspecified atom stereocenters. The Morgan fingerprint density at radius 2 is 2.46 bits per heavy atom.